The molecular formula is C15H24N2O3S. The van der Waals surface area contributed by atoms with Crippen LogP contribution in [-0.2, 0) is 14.8 Å². The molecular weight excluding hydrogens is 288 g/mol. The second kappa shape index (κ2) is 7.56. The van der Waals surface area contributed by atoms with E-state index in [-0.39, 0.29) is 6.04 Å². The Morgan fingerprint density at radius 2 is 1.71 bits per heavy atom. The van der Waals surface area contributed by atoms with E-state index < -0.39 is 21.7 Å². The molecule has 1 aromatic carbocycles. The summed E-state index contributed by atoms with van der Waals surface area (Å²) in [6, 6.07) is 7.57. The molecule has 0 aliphatic carbocycles. The number of carbonyl (C=O) groups excluding carboxylic acids is 1. The van der Waals surface area contributed by atoms with Crippen LogP contribution >= 0.6 is 0 Å². The summed E-state index contributed by atoms with van der Waals surface area (Å²) in [5, 5.41) is 2.73. The minimum Gasteiger partial charge on any atom is -0.349 e. The first-order chi connectivity index (χ1) is 9.80. The van der Waals surface area contributed by atoms with Crippen molar-refractivity contribution in [2.75, 3.05) is 18.8 Å². The maximum Gasteiger partial charge on any atom is 0.237 e. The maximum atomic E-state index is 12.0. The van der Waals surface area contributed by atoms with Gasteiger partial charge in [0.1, 0.15) is 5.75 Å². The quantitative estimate of drug-likeness (QED) is 0.835. The highest BCUT2D eigenvalue weighted by Crippen LogP contribution is 2.13. The van der Waals surface area contributed by atoms with Crippen LogP contribution in [0.3, 0.4) is 0 Å². The first kappa shape index (κ1) is 17.7. The van der Waals surface area contributed by atoms with E-state index in [0.717, 1.165) is 11.1 Å². The van der Waals surface area contributed by atoms with Gasteiger partial charge in [-0.1, -0.05) is 43.7 Å². The number of sulfonamides is 1. The third kappa shape index (κ3) is 5.13. The van der Waals surface area contributed by atoms with Gasteiger partial charge in [-0.05, 0) is 19.4 Å². The largest absolute Gasteiger partial charge is 0.349 e. The summed E-state index contributed by atoms with van der Waals surface area (Å²) in [6.45, 7) is 8.09. The van der Waals surface area contributed by atoms with Gasteiger partial charge >= 0.3 is 0 Å². The van der Waals surface area contributed by atoms with Crippen LogP contribution in [-0.4, -0.2) is 37.5 Å². The molecule has 6 heteroatoms. The van der Waals surface area contributed by atoms with E-state index in [0.29, 0.717) is 13.1 Å². The molecule has 1 N–H and O–H groups in total. The van der Waals surface area contributed by atoms with Crippen LogP contribution < -0.4 is 5.32 Å². The van der Waals surface area contributed by atoms with Gasteiger partial charge in [-0.3, -0.25) is 4.79 Å². The van der Waals surface area contributed by atoms with Gasteiger partial charge in [-0.25, -0.2) is 12.7 Å². The van der Waals surface area contributed by atoms with E-state index in [1.165, 1.54) is 4.31 Å². The SMILES string of the molecule is CCN(CC)S(=O)(=O)CC(=O)N[C@H](C)c1ccc(C)cc1. The molecule has 118 valence electrons. The van der Waals surface area contributed by atoms with Crippen LogP contribution in [0.4, 0.5) is 0 Å². The molecule has 1 atom stereocenters. The van der Waals surface area contributed by atoms with Gasteiger partial charge in [0, 0.05) is 13.1 Å². The zero-order valence-corrected chi connectivity index (χ0v) is 13.9. The Labute approximate surface area is 127 Å². The average molecular weight is 312 g/mol. The molecule has 5 nitrogen and oxygen atoms in total. The number of benzene rings is 1. The highest BCUT2D eigenvalue weighted by molar-refractivity contribution is 7.89. The Morgan fingerprint density at radius 3 is 2.19 bits per heavy atom. The summed E-state index contributed by atoms with van der Waals surface area (Å²) >= 11 is 0. The zero-order valence-electron chi connectivity index (χ0n) is 13.1. The Balaban J connectivity index is 2.67. The lowest BCUT2D eigenvalue weighted by molar-refractivity contribution is -0.119. The Hall–Kier alpha value is -1.40. The van der Waals surface area contributed by atoms with Gasteiger partial charge in [0.05, 0.1) is 6.04 Å². The van der Waals surface area contributed by atoms with Crippen molar-refractivity contribution in [3.63, 3.8) is 0 Å². The highest BCUT2D eigenvalue weighted by atomic mass is 32.2. The van der Waals surface area contributed by atoms with Crippen molar-refractivity contribution in [1.29, 1.82) is 0 Å². The topological polar surface area (TPSA) is 66.5 Å². The summed E-state index contributed by atoms with van der Waals surface area (Å²) in [5.41, 5.74) is 2.09. The van der Waals surface area contributed by atoms with Gasteiger partial charge in [0.25, 0.3) is 0 Å². The fourth-order valence-electron chi connectivity index (χ4n) is 2.10. The lowest BCUT2D eigenvalue weighted by atomic mass is 10.1. The third-order valence-corrected chi connectivity index (χ3v) is 5.30. The average Bonchev–Trinajstić information content (AvgIpc) is 2.39. The van der Waals surface area contributed by atoms with Gasteiger partial charge < -0.3 is 5.32 Å². The normalized spacial score (nSPS) is 13.2. The summed E-state index contributed by atoms with van der Waals surface area (Å²) in [6.07, 6.45) is 0. The van der Waals surface area contributed by atoms with E-state index in [4.69, 9.17) is 0 Å². The van der Waals surface area contributed by atoms with E-state index in [9.17, 15) is 13.2 Å². The molecule has 0 saturated carbocycles. The Morgan fingerprint density at radius 1 is 1.19 bits per heavy atom. The van der Waals surface area contributed by atoms with Crippen molar-refractivity contribution in [2.45, 2.75) is 33.7 Å². The summed E-state index contributed by atoms with van der Waals surface area (Å²) < 4.78 is 25.4. The summed E-state index contributed by atoms with van der Waals surface area (Å²) in [4.78, 5) is 11.9. The predicted molar refractivity (Wildman–Crippen MR) is 84.4 cm³/mol. The molecule has 0 aliphatic heterocycles. The predicted octanol–water partition coefficient (Wildman–Crippen LogP) is 1.84. The number of nitrogens with one attached hydrogen (secondary N) is 1. The molecule has 21 heavy (non-hydrogen) atoms. The van der Waals surface area contributed by atoms with Crippen LogP contribution in [0, 0.1) is 6.92 Å². The van der Waals surface area contributed by atoms with Crippen molar-refractivity contribution in [3.8, 4) is 0 Å². The van der Waals surface area contributed by atoms with Gasteiger partial charge in [0.2, 0.25) is 15.9 Å². The lowest BCUT2D eigenvalue weighted by Gasteiger charge is -2.19. The summed E-state index contributed by atoms with van der Waals surface area (Å²) in [7, 11) is -3.53. The standard InChI is InChI=1S/C15H24N2O3S/c1-5-17(6-2)21(19,20)11-15(18)16-13(4)14-9-7-12(3)8-10-14/h7-10,13H,5-6,11H2,1-4H3,(H,16,18)/t13-/m1/s1. The molecule has 1 rings (SSSR count). The highest BCUT2D eigenvalue weighted by Gasteiger charge is 2.23. The molecule has 1 amide bonds. The molecule has 1 aromatic rings. The first-order valence-electron chi connectivity index (χ1n) is 7.13. The van der Waals surface area contributed by atoms with Crippen molar-refractivity contribution in [2.24, 2.45) is 0 Å². The van der Waals surface area contributed by atoms with Crippen molar-refractivity contribution < 1.29 is 13.2 Å². The van der Waals surface area contributed by atoms with Crippen LogP contribution in [0.2, 0.25) is 0 Å². The number of hydrogen-bond donors (Lipinski definition) is 1. The smallest absolute Gasteiger partial charge is 0.237 e. The van der Waals surface area contributed by atoms with Gasteiger partial charge in [-0.2, -0.15) is 0 Å². The number of nitrogens with zero attached hydrogens (tertiary/aromatic N) is 1. The fourth-order valence-corrected chi connectivity index (χ4v) is 3.48. The molecule has 0 bridgehead atoms. The second-order valence-corrected chi connectivity index (χ2v) is 7.01. The molecule has 0 spiro atoms. The van der Waals surface area contributed by atoms with E-state index in [1.807, 2.05) is 38.1 Å². The van der Waals surface area contributed by atoms with Gasteiger partial charge in [0.15, 0.2) is 0 Å². The summed E-state index contributed by atoms with van der Waals surface area (Å²) in [5.74, 6) is -0.986. The maximum absolute atomic E-state index is 12.0. The van der Waals surface area contributed by atoms with Crippen LogP contribution in [0.15, 0.2) is 24.3 Å². The minimum absolute atomic E-state index is 0.218. The molecule has 0 saturated heterocycles. The Bertz CT molecular complexity index is 563. The number of rotatable bonds is 7. The molecule has 0 unspecified atom stereocenters. The molecule has 0 aliphatic rings. The van der Waals surface area contributed by atoms with E-state index in [1.54, 1.807) is 13.8 Å². The molecule has 0 heterocycles. The molecule has 0 aromatic heterocycles. The van der Waals surface area contributed by atoms with Crippen LogP contribution in [0.5, 0.6) is 0 Å². The van der Waals surface area contributed by atoms with Crippen LogP contribution in [0.1, 0.15) is 37.9 Å². The zero-order chi connectivity index (χ0) is 16.0. The van der Waals surface area contributed by atoms with Crippen molar-refractivity contribution in [1.82, 2.24) is 9.62 Å². The van der Waals surface area contributed by atoms with Gasteiger partial charge in [-0.15, -0.1) is 0 Å². The third-order valence-electron chi connectivity index (χ3n) is 3.37. The van der Waals surface area contributed by atoms with E-state index >= 15 is 0 Å². The van der Waals surface area contributed by atoms with E-state index in [2.05, 4.69) is 5.32 Å². The Kier molecular flexibility index (Phi) is 6.36. The van der Waals surface area contributed by atoms with Crippen molar-refractivity contribution >= 4 is 15.9 Å². The minimum atomic E-state index is -3.53. The number of amides is 1. The fraction of sp³-hybridized carbons (Fsp3) is 0.533. The monoisotopic (exact) mass is 312 g/mol. The van der Waals surface area contributed by atoms with Crippen LogP contribution in [0.25, 0.3) is 0 Å². The number of hydrogen-bond acceptors (Lipinski definition) is 3. The lowest BCUT2D eigenvalue weighted by Crippen LogP contribution is -2.39. The first-order valence-corrected chi connectivity index (χ1v) is 8.74. The number of aryl methyl sites for hydroxylation is 1. The van der Waals surface area contributed by atoms with Crippen molar-refractivity contribution in [3.05, 3.63) is 35.4 Å². The molecule has 0 radical (unpaired) electrons. The second-order valence-electron chi connectivity index (χ2n) is 5.04. The number of carbonyl (C=O) groups is 1. The molecule has 0 fully saturated rings.